The number of carbonyl (C=O) groups excluding carboxylic acids is 1. The van der Waals surface area contributed by atoms with Gasteiger partial charge in [0.2, 0.25) is 15.9 Å². The summed E-state index contributed by atoms with van der Waals surface area (Å²) < 4.78 is 26.6. The van der Waals surface area contributed by atoms with Gasteiger partial charge in [-0.1, -0.05) is 6.07 Å². The summed E-state index contributed by atoms with van der Waals surface area (Å²) in [6.45, 7) is 2.72. The standard InChI is InChI=1S/C14H15N5O3S/c1-9-14(10(2)19-18-9)23(21,22)16-8-13(20)17-12-5-3-4-11(6-12)7-15/h3-6,16H,8H2,1-2H3,(H,17,20)(H,18,19). The molecule has 0 aliphatic rings. The first-order valence-corrected chi connectivity index (χ1v) is 8.13. The number of hydrogen-bond acceptors (Lipinski definition) is 5. The number of rotatable bonds is 5. The minimum Gasteiger partial charge on any atom is -0.325 e. The van der Waals surface area contributed by atoms with Crippen LogP contribution in [0.5, 0.6) is 0 Å². The van der Waals surface area contributed by atoms with E-state index >= 15 is 0 Å². The Labute approximate surface area is 133 Å². The second kappa shape index (κ2) is 6.60. The van der Waals surface area contributed by atoms with E-state index in [1.807, 2.05) is 6.07 Å². The summed E-state index contributed by atoms with van der Waals surface area (Å²) in [6.07, 6.45) is 0. The average molecular weight is 333 g/mol. The van der Waals surface area contributed by atoms with Crippen molar-refractivity contribution in [2.24, 2.45) is 0 Å². The molecule has 3 N–H and O–H groups in total. The number of carbonyl (C=O) groups is 1. The van der Waals surface area contributed by atoms with Gasteiger partial charge in [0.05, 0.1) is 29.6 Å². The normalized spacial score (nSPS) is 11.0. The Morgan fingerprint density at radius 3 is 2.74 bits per heavy atom. The molecular weight excluding hydrogens is 318 g/mol. The van der Waals surface area contributed by atoms with Gasteiger partial charge in [-0.15, -0.1) is 0 Å². The molecule has 0 spiro atoms. The Morgan fingerprint density at radius 1 is 1.39 bits per heavy atom. The zero-order valence-corrected chi connectivity index (χ0v) is 13.4. The van der Waals surface area contributed by atoms with E-state index in [-0.39, 0.29) is 4.90 Å². The molecule has 0 radical (unpaired) electrons. The molecule has 120 valence electrons. The highest BCUT2D eigenvalue weighted by Gasteiger charge is 2.22. The third-order valence-corrected chi connectivity index (χ3v) is 4.69. The fourth-order valence-electron chi connectivity index (χ4n) is 2.04. The van der Waals surface area contributed by atoms with Gasteiger partial charge < -0.3 is 5.32 Å². The van der Waals surface area contributed by atoms with Crippen LogP contribution in [-0.2, 0) is 14.8 Å². The summed E-state index contributed by atoms with van der Waals surface area (Å²) in [7, 11) is -3.84. The van der Waals surface area contributed by atoms with Crippen molar-refractivity contribution >= 4 is 21.6 Å². The molecule has 0 saturated carbocycles. The zero-order chi connectivity index (χ0) is 17.0. The largest absolute Gasteiger partial charge is 0.325 e. The van der Waals surface area contributed by atoms with Gasteiger partial charge in [0.25, 0.3) is 0 Å². The molecule has 0 saturated heterocycles. The van der Waals surface area contributed by atoms with Crippen molar-refractivity contribution in [3.63, 3.8) is 0 Å². The summed E-state index contributed by atoms with van der Waals surface area (Å²) in [5, 5.41) is 17.7. The highest BCUT2D eigenvalue weighted by Crippen LogP contribution is 2.16. The average Bonchev–Trinajstić information content (AvgIpc) is 2.85. The second-order valence-corrected chi connectivity index (χ2v) is 6.53. The van der Waals surface area contributed by atoms with E-state index in [1.54, 1.807) is 32.0 Å². The molecule has 0 aliphatic heterocycles. The first-order chi connectivity index (χ1) is 10.8. The van der Waals surface area contributed by atoms with Gasteiger partial charge in [0.1, 0.15) is 4.90 Å². The van der Waals surface area contributed by atoms with Gasteiger partial charge in [-0.3, -0.25) is 9.89 Å². The smallest absolute Gasteiger partial charge is 0.244 e. The van der Waals surface area contributed by atoms with E-state index < -0.39 is 22.5 Å². The molecule has 1 aromatic carbocycles. The number of anilines is 1. The molecule has 1 heterocycles. The van der Waals surface area contributed by atoms with Crippen LogP contribution in [0.1, 0.15) is 17.0 Å². The predicted octanol–water partition coefficient (Wildman–Crippen LogP) is 0.815. The van der Waals surface area contributed by atoms with E-state index in [2.05, 4.69) is 20.2 Å². The number of aromatic nitrogens is 2. The molecule has 0 aliphatic carbocycles. The lowest BCUT2D eigenvalue weighted by Crippen LogP contribution is -2.33. The van der Waals surface area contributed by atoms with E-state index in [9.17, 15) is 13.2 Å². The monoisotopic (exact) mass is 333 g/mol. The van der Waals surface area contributed by atoms with E-state index in [1.165, 1.54) is 6.07 Å². The van der Waals surface area contributed by atoms with Crippen LogP contribution in [0.4, 0.5) is 5.69 Å². The summed E-state index contributed by atoms with van der Waals surface area (Å²) in [5.41, 5.74) is 1.55. The second-order valence-electron chi connectivity index (χ2n) is 4.83. The number of nitriles is 1. The van der Waals surface area contributed by atoms with Crippen LogP contribution in [0.15, 0.2) is 29.2 Å². The van der Waals surface area contributed by atoms with Crippen molar-refractivity contribution in [2.45, 2.75) is 18.7 Å². The van der Waals surface area contributed by atoms with Crippen molar-refractivity contribution in [3.8, 4) is 6.07 Å². The Kier molecular flexibility index (Phi) is 4.78. The minimum atomic E-state index is -3.84. The zero-order valence-electron chi connectivity index (χ0n) is 12.5. The van der Waals surface area contributed by atoms with Gasteiger partial charge in [-0.05, 0) is 32.0 Å². The van der Waals surface area contributed by atoms with Gasteiger partial charge in [0.15, 0.2) is 0 Å². The quantitative estimate of drug-likeness (QED) is 0.746. The molecule has 9 heteroatoms. The highest BCUT2D eigenvalue weighted by atomic mass is 32.2. The highest BCUT2D eigenvalue weighted by molar-refractivity contribution is 7.89. The van der Waals surface area contributed by atoms with Gasteiger partial charge in [-0.25, -0.2) is 13.1 Å². The maximum Gasteiger partial charge on any atom is 0.244 e. The lowest BCUT2D eigenvalue weighted by molar-refractivity contribution is -0.115. The summed E-state index contributed by atoms with van der Waals surface area (Å²) in [4.78, 5) is 11.9. The Balaban J connectivity index is 2.03. The molecule has 1 amide bonds. The number of H-pyrrole nitrogens is 1. The molecule has 23 heavy (non-hydrogen) atoms. The van der Waals surface area contributed by atoms with Crippen LogP contribution in [-0.4, -0.2) is 31.1 Å². The first kappa shape index (κ1) is 16.7. The fourth-order valence-corrected chi connectivity index (χ4v) is 3.39. The minimum absolute atomic E-state index is 0.0387. The van der Waals surface area contributed by atoms with Crippen LogP contribution >= 0.6 is 0 Å². The summed E-state index contributed by atoms with van der Waals surface area (Å²) in [5.74, 6) is -0.539. The molecule has 0 unspecified atom stereocenters. The van der Waals surface area contributed by atoms with Crippen molar-refractivity contribution in [3.05, 3.63) is 41.2 Å². The third kappa shape index (κ3) is 3.94. The maximum atomic E-state index is 12.2. The first-order valence-electron chi connectivity index (χ1n) is 6.65. The lowest BCUT2D eigenvalue weighted by Gasteiger charge is -2.08. The van der Waals surface area contributed by atoms with E-state index in [0.29, 0.717) is 22.6 Å². The van der Waals surface area contributed by atoms with Crippen LogP contribution < -0.4 is 10.0 Å². The molecule has 8 nitrogen and oxygen atoms in total. The number of nitrogens with one attached hydrogen (secondary N) is 3. The molecule has 1 aromatic heterocycles. The molecule has 2 aromatic rings. The Morgan fingerprint density at radius 2 is 2.13 bits per heavy atom. The van der Waals surface area contributed by atoms with E-state index in [4.69, 9.17) is 5.26 Å². The molecule has 0 fully saturated rings. The van der Waals surface area contributed by atoms with Gasteiger partial charge in [-0.2, -0.15) is 10.4 Å². The third-order valence-electron chi connectivity index (χ3n) is 3.03. The van der Waals surface area contributed by atoms with Crippen LogP contribution in [0, 0.1) is 25.2 Å². The van der Waals surface area contributed by atoms with Crippen molar-refractivity contribution in [1.29, 1.82) is 5.26 Å². The number of aryl methyl sites for hydroxylation is 2. The SMILES string of the molecule is Cc1n[nH]c(C)c1S(=O)(=O)NCC(=O)Nc1cccc(C#N)c1. The van der Waals surface area contributed by atoms with Gasteiger partial charge in [0, 0.05) is 5.69 Å². The van der Waals surface area contributed by atoms with Crippen molar-refractivity contribution < 1.29 is 13.2 Å². The summed E-state index contributed by atoms with van der Waals surface area (Å²) >= 11 is 0. The number of sulfonamides is 1. The van der Waals surface area contributed by atoms with E-state index in [0.717, 1.165) is 0 Å². The van der Waals surface area contributed by atoms with Crippen LogP contribution in [0.25, 0.3) is 0 Å². The topological polar surface area (TPSA) is 128 Å². The van der Waals surface area contributed by atoms with Crippen molar-refractivity contribution in [2.75, 3.05) is 11.9 Å². The number of hydrogen-bond donors (Lipinski definition) is 3. The van der Waals surface area contributed by atoms with Crippen molar-refractivity contribution in [1.82, 2.24) is 14.9 Å². The Bertz CT molecular complexity index is 861. The molecule has 0 atom stereocenters. The molecule has 2 rings (SSSR count). The Hall–Kier alpha value is -2.70. The predicted molar refractivity (Wildman–Crippen MR) is 83.0 cm³/mol. The van der Waals surface area contributed by atoms with Crippen LogP contribution in [0.3, 0.4) is 0 Å². The summed E-state index contributed by atoms with van der Waals surface area (Å²) in [6, 6.07) is 8.28. The maximum absolute atomic E-state index is 12.2. The fraction of sp³-hybridized carbons (Fsp3) is 0.214. The molecule has 0 bridgehead atoms. The number of amides is 1. The van der Waals surface area contributed by atoms with Gasteiger partial charge >= 0.3 is 0 Å². The number of nitrogens with zero attached hydrogens (tertiary/aromatic N) is 2. The molecular formula is C14H15N5O3S. The lowest BCUT2D eigenvalue weighted by atomic mass is 10.2. The van der Waals surface area contributed by atoms with Crippen LogP contribution in [0.2, 0.25) is 0 Å². The number of aromatic amines is 1. The number of benzene rings is 1.